The Morgan fingerprint density at radius 1 is 1.12 bits per heavy atom. The first-order chi connectivity index (χ1) is 22.4. The molecular formula is C33H44O14S. The van der Waals surface area contributed by atoms with Gasteiger partial charge in [0.2, 0.25) is 23.1 Å². The quantitative estimate of drug-likeness (QED) is 0.0898. The van der Waals surface area contributed by atoms with Crippen molar-refractivity contribution in [2.45, 2.75) is 108 Å². The van der Waals surface area contributed by atoms with Crippen LogP contribution in [-0.4, -0.2) is 96.8 Å². The van der Waals surface area contributed by atoms with Gasteiger partial charge in [0.15, 0.2) is 6.10 Å². The standard InChI is InChI=1S/C33H44O14S/c1-7-17(2)14-18(3)8-9-23(35)45-26-25(36)31(46-27(28(37)38)32(43,29(39)40)33(26,47-31)30(41)42)12-10-19(4)24(44-21(6)34)20(5)15-22-11-13-48-16-22/h8-9,11,13,16-18,20,24-27,36,43H,4,7,10,12,14-15H2,1-3,5-6H3,(H,37,38)(H,39,40)(H,41,42)/b9-8+/t17?,18?,20?,24?,25-,26-,27?,31?,32?,33?/m1/s1. The van der Waals surface area contributed by atoms with Gasteiger partial charge in [-0.1, -0.05) is 46.8 Å². The minimum atomic E-state index is -3.89. The molecule has 1 aromatic heterocycles. The number of aliphatic carboxylic acids is 3. The molecule has 0 radical (unpaired) electrons. The highest BCUT2D eigenvalue weighted by Gasteiger charge is 2.85. The van der Waals surface area contributed by atoms with Gasteiger partial charge < -0.3 is 44.5 Å². The van der Waals surface area contributed by atoms with Crippen molar-refractivity contribution < 1.29 is 68.5 Å². The number of carboxylic acid groups (broad SMARTS) is 3. The van der Waals surface area contributed by atoms with E-state index in [1.165, 1.54) is 24.3 Å². The minimum Gasteiger partial charge on any atom is -0.479 e. The second kappa shape index (κ2) is 15.3. The number of aliphatic hydroxyl groups is 2. The van der Waals surface area contributed by atoms with Gasteiger partial charge in [-0.3, -0.25) is 4.79 Å². The maximum atomic E-state index is 13.0. The topological polar surface area (TPSA) is 223 Å². The van der Waals surface area contributed by atoms with Gasteiger partial charge in [-0.05, 0) is 59.1 Å². The SMILES string of the molecule is C=C(CCC12OC(C(=O)O)C(O)(C(=O)O)C(C(=O)O)(O1)[C@H](OC(=O)/C=C/C(C)CC(C)CC)[C@H]2O)C(OC(C)=O)C(C)Cc1ccsc1. The third kappa shape index (κ3) is 7.49. The van der Waals surface area contributed by atoms with E-state index >= 15 is 0 Å². The number of allylic oxidation sites excluding steroid dienone is 1. The Balaban J connectivity index is 2.02. The first-order valence-corrected chi connectivity index (χ1v) is 16.5. The van der Waals surface area contributed by atoms with Crippen molar-refractivity contribution in [3.8, 4) is 0 Å². The van der Waals surface area contributed by atoms with Crippen molar-refractivity contribution in [1.82, 2.24) is 0 Å². The molecule has 8 unspecified atom stereocenters. The van der Waals surface area contributed by atoms with Gasteiger partial charge >= 0.3 is 29.8 Å². The molecule has 3 heterocycles. The summed E-state index contributed by atoms with van der Waals surface area (Å²) in [6, 6.07) is 1.90. The number of fused-ring (bicyclic) bond motifs is 2. The lowest BCUT2D eigenvalue weighted by molar-refractivity contribution is -0.374. The lowest BCUT2D eigenvalue weighted by Gasteiger charge is -2.48. The molecule has 10 atom stereocenters. The van der Waals surface area contributed by atoms with Crippen LogP contribution in [0.2, 0.25) is 0 Å². The van der Waals surface area contributed by atoms with E-state index in [0.29, 0.717) is 18.8 Å². The fourth-order valence-electron chi connectivity index (χ4n) is 6.38. The van der Waals surface area contributed by atoms with Gasteiger partial charge in [-0.2, -0.15) is 11.3 Å². The van der Waals surface area contributed by atoms with Crippen LogP contribution in [0.5, 0.6) is 0 Å². The van der Waals surface area contributed by atoms with Gasteiger partial charge in [0.05, 0.1) is 0 Å². The molecule has 266 valence electrons. The fourth-order valence-corrected chi connectivity index (χ4v) is 7.06. The van der Waals surface area contributed by atoms with Crippen LogP contribution in [-0.2, 0) is 49.3 Å². The molecule has 2 aliphatic rings. The molecule has 0 amide bonds. The molecule has 2 saturated heterocycles. The zero-order chi connectivity index (χ0) is 36.2. The van der Waals surface area contributed by atoms with E-state index in [2.05, 4.69) is 6.58 Å². The Labute approximate surface area is 281 Å². The van der Waals surface area contributed by atoms with Crippen LogP contribution in [0.25, 0.3) is 0 Å². The lowest BCUT2D eigenvalue weighted by Crippen LogP contribution is -2.78. The number of aliphatic hydroxyl groups excluding tert-OH is 1. The maximum Gasteiger partial charge on any atom is 0.344 e. The van der Waals surface area contributed by atoms with Crippen LogP contribution >= 0.6 is 11.3 Å². The normalized spacial score (nSPS) is 30.6. The van der Waals surface area contributed by atoms with Gasteiger partial charge in [0, 0.05) is 25.3 Å². The molecule has 0 aliphatic carbocycles. The van der Waals surface area contributed by atoms with Crippen molar-refractivity contribution >= 4 is 41.2 Å². The molecule has 0 aromatic carbocycles. The van der Waals surface area contributed by atoms with Gasteiger partial charge in [-0.15, -0.1) is 0 Å². The number of carbonyl (C=O) groups is 5. The number of hydrogen-bond acceptors (Lipinski definition) is 12. The van der Waals surface area contributed by atoms with E-state index in [4.69, 9.17) is 18.9 Å². The summed E-state index contributed by atoms with van der Waals surface area (Å²) in [6.07, 6.45) is -4.75. The Morgan fingerprint density at radius 2 is 1.79 bits per heavy atom. The second-order valence-corrected chi connectivity index (χ2v) is 13.5. The average molecular weight is 697 g/mol. The zero-order valence-electron chi connectivity index (χ0n) is 27.5. The predicted octanol–water partition coefficient (Wildman–Crippen LogP) is 2.95. The number of ether oxygens (including phenoxy) is 4. The van der Waals surface area contributed by atoms with Crippen molar-refractivity contribution in [2.75, 3.05) is 0 Å². The Kier molecular flexibility index (Phi) is 12.4. The first-order valence-electron chi connectivity index (χ1n) is 15.6. The molecule has 0 spiro atoms. The molecule has 2 aliphatic heterocycles. The zero-order valence-corrected chi connectivity index (χ0v) is 28.3. The number of esters is 2. The third-order valence-corrected chi connectivity index (χ3v) is 9.75. The van der Waals surface area contributed by atoms with Crippen molar-refractivity contribution in [1.29, 1.82) is 0 Å². The summed E-state index contributed by atoms with van der Waals surface area (Å²) >= 11 is 1.48. The molecule has 1 aromatic rings. The van der Waals surface area contributed by atoms with Crippen LogP contribution in [0, 0.1) is 17.8 Å². The van der Waals surface area contributed by atoms with E-state index in [-0.39, 0.29) is 23.8 Å². The molecule has 5 N–H and O–H groups in total. The maximum absolute atomic E-state index is 13.0. The molecule has 14 nitrogen and oxygen atoms in total. The number of hydrogen-bond donors (Lipinski definition) is 5. The molecule has 48 heavy (non-hydrogen) atoms. The van der Waals surface area contributed by atoms with Crippen LogP contribution in [0.3, 0.4) is 0 Å². The third-order valence-electron chi connectivity index (χ3n) is 9.02. The monoisotopic (exact) mass is 696 g/mol. The van der Waals surface area contributed by atoms with Gasteiger partial charge in [-0.25, -0.2) is 19.2 Å². The highest BCUT2D eigenvalue weighted by atomic mass is 32.1. The van der Waals surface area contributed by atoms with E-state index in [1.54, 1.807) is 0 Å². The average Bonchev–Trinajstić information content (AvgIpc) is 3.59. The molecule has 3 rings (SSSR count). The summed E-state index contributed by atoms with van der Waals surface area (Å²) in [5.74, 6) is -11.3. The van der Waals surface area contributed by atoms with Crippen molar-refractivity contribution in [3.05, 3.63) is 46.7 Å². The summed E-state index contributed by atoms with van der Waals surface area (Å²) < 4.78 is 22.0. The summed E-state index contributed by atoms with van der Waals surface area (Å²) in [6.45, 7) is 12.9. The summed E-state index contributed by atoms with van der Waals surface area (Å²) in [4.78, 5) is 62.8. The number of carboxylic acids is 3. The van der Waals surface area contributed by atoms with E-state index in [9.17, 15) is 49.5 Å². The summed E-state index contributed by atoms with van der Waals surface area (Å²) in [5.41, 5.74) is -6.21. The molecular weight excluding hydrogens is 652 g/mol. The van der Waals surface area contributed by atoms with Crippen LogP contribution in [0.15, 0.2) is 41.1 Å². The largest absolute Gasteiger partial charge is 0.479 e. The van der Waals surface area contributed by atoms with Crippen LogP contribution in [0.4, 0.5) is 0 Å². The predicted molar refractivity (Wildman–Crippen MR) is 169 cm³/mol. The minimum absolute atomic E-state index is 0.120. The number of thiophene rings is 1. The van der Waals surface area contributed by atoms with Crippen LogP contribution in [0.1, 0.15) is 65.9 Å². The van der Waals surface area contributed by atoms with E-state index in [1.807, 2.05) is 44.5 Å². The Morgan fingerprint density at radius 3 is 2.31 bits per heavy atom. The first kappa shape index (κ1) is 38.8. The van der Waals surface area contributed by atoms with Gasteiger partial charge in [0.25, 0.3) is 0 Å². The molecule has 2 bridgehead atoms. The Hall–Kier alpha value is -3.63. The molecule has 2 fully saturated rings. The second-order valence-electron chi connectivity index (χ2n) is 12.8. The highest BCUT2D eigenvalue weighted by molar-refractivity contribution is 7.07. The number of carbonyl (C=O) groups excluding carboxylic acids is 2. The number of rotatable bonds is 17. The van der Waals surface area contributed by atoms with Crippen molar-refractivity contribution in [2.24, 2.45) is 17.8 Å². The Bertz CT molecular complexity index is 1410. The van der Waals surface area contributed by atoms with Crippen molar-refractivity contribution in [3.63, 3.8) is 0 Å². The summed E-state index contributed by atoms with van der Waals surface area (Å²) in [7, 11) is 0. The van der Waals surface area contributed by atoms with Crippen LogP contribution < -0.4 is 0 Å². The van der Waals surface area contributed by atoms with Gasteiger partial charge in [0.1, 0.15) is 12.2 Å². The lowest BCUT2D eigenvalue weighted by atomic mass is 9.74. The van der Waals surface area contributed by atoms with E-state index < -0.39 is 77.7 Å². The molecule has 15 heteroatoms. The molecule has 0 saturated carbocycles. The highest BCUT2D eigenvalue weighted by Crippen LogP contribution is 2.56. The summed E-state index contributed by atoms with van der Waals surface area (Å²) in [5, 5.41) is 57.2. The smallest absolute Gasteiger partial charge is 0.344 e. The van der Waals surface area contributed by atoms with E-state index in [0.717, 1.165) is 18.1 Å². The fraction of sp³-hybridized carbons (Fsp3) is 0.606.